The third kappa shape index (κ3) is 3.72. The molecule has 1 fully saturated rings. The van der Waals surface area contributed by atoms with Crippen molar-refractivity contribution in [2.75, 3.05) is 6.79 Å². The molecule has 0 unspecified atom stereocenters. The molecule has 0 spiro atoms. The fourth-order valence-electron chi connectivity index (χ4n) is 5.54. The number of carbonyl (C=O) groups excluding carboxylic acids is 2. The highest BCUT2D eigenvalue weighted by molar-refractivity contribution is 6.01. The molecule has 3 aliphatic rings. The highest BCUT2D eigenvalue weighted by Gasteiger charge is 2.49. The summed E-state index contributed by atoms with van der Waals surface area (Å²) < 4.78 is 12.9. The number of rotatable bonds is 4. The summed E-state index contributed by atoms with van der Waals surface area (Å²) in [4.78, 5) is 34.1. The summed E-state index contributed by atoms with van der Waals surface area (Å²) in [5.74, 6) is 2.03. The molecule has 2 aliphatic heterocycles. The summed E-state index contributed by atoms with van der Waals surface area (Å²) in [5.41, 5.74) is 1.42. The number of aromatic nitrogens is 2. The number of hydrogen-bond donors (Lipinski definition) is 1. The highest BCUT2D eigenvalue weighted by atomic mass is 16.7. The summed E-state index contributed by atoms with van der Waals surface area (Å²) >= 11 is 0. The predicted octanol–water partition coefficient (Wildman–Crippen LogP) is 3.87. The van der Waals surface area contributed by atoms with Crippen LogP contribution in [0.15, 0.2) is 42.5 Å². The summed E-state index contributed by atoms with van der Waals surface area (Å²) in [6.45, 7) is 4.93. The van der Waals surface area contributed by atoms with Crippen molar-refractivity contribution in [1.29, 1.82) is 0 Å². The first-order valence-electron chi connectivity index (χ1n) is 12.4. The van der Waals surface area contributed by atoms with E-state index in [-0.39, 0.29) is 31.2 Å². The number of benzene rings is 2. The molecule has 1 aliphatic carbocycles. The Balaban J connectivity index is 1.37. The van der Waals surface area contributed by atoms with Gasteiger partial charge < -0.3 is 24.3 Å². The Morgan fingerprint density at radius 3 is 2.71 bits per heavy atom. The standard InChI is InChI=1S/C27H30N4O4/c1-17-7-10-19(11-8-17)28-26(33)27(2)15-30-21-6-4-3-5-20(21)29-24(30)25(32)31(27)14-18-9-12-22-23(13-18)35-16-34-22/h3-6,9,12-13,17,19H,7-8,10-11,14-16H2,1-2H3,(H,28,33)/t17?,19?,27-/m0/s1. The number of imidazole rings is 1. The van der Waals surface area contributed by atoms with Crippen molar-refractivity contribution in [3.8, 4) is 11.5 Å². The Bertz CT molecular complexity index is 1310. The van der Waals surface area contributed by atoms with Crippen molar-refractivity contribution < 1.29 is 19.1 Å². The smallest absolute Gasteiger partial charge is 0.291 e. The van der Waals surface area contributed by atoms with Gasteiger partial charge in [0.05, 0.1) is 17.6 Å². The van der Waals surface area contributed by atoms with Gasteiger partial charge in [-0.3, -0.25) is 9.59 Å². The van der Waals surface area contributed by atoms with Crippen LogP contribution in [0.4, 0.5) is 0 Å². The van der Waals surface area contributed by atoms with E-state index >= 15 is 0 Å². The van der Waals surface area contributed by atoms with Crippen molar-refractivity contribution in [3.05, 3.63) is 53.9 Å². The number of fused-ring (bicyclic) bond motifs is 4. The zero-order valence-electron chi connectivity index (χ0n) is 20.1. The zero-order valence-corrected chi connectivity index (χ0v) is 20.1. The first kappa shape index (κ1) is 21.9. The van der Waals surface area contributed by atoms with Crippen LogP contribution in [0.25, 0.3) is 11.0 Å². The van der Waals surface area contributed by atoms with Crippen molar-refractivity contribution >= 4 is 22.8 Å². The number of para-hydroxylation sites is 2. The van der Waals surface area contributed by atoms with Gasteiger partial charge in [-0.2, -0.15) is 0 Å². The van der Waals surface area contributed by atoms with E-state index in [9.17, 15) is 9.59 Å². The lowest BCUT2D eigenvalue weighted by molar-refractivity contribution is -0.134. The molecule has 182 valence electrons. The van der Waals surface area contributed by atoms with Gasteiger partial charge in [0.2, 0.25) is 12.7 Å². The van der Waals surface area contributed by atoms with Crippen LogP contribution in [-0.4, -0.2) is 44.6 Å². The number of nitrogens with one attached hydrogen (secondary N) is 1. The van der Waals surface area contributed by atoms with Crippen LogP contribution < -0.4 is 14.8 Å². The van der Waals surface area contributed by atoms with E-state index in [4.69, 9.17) is 9.47 Å². The molecule has 1 saturated carbocycles. The van der Waals surface area contributed by atoms with Crippen molar-refractivity contribution in [1.82, 2.24) is 19.8 Å². The Morgan fingerprint density at radius 1 is 1.11 bits per heavy atom. The van der Waals surface area contributed by atoms with E-state index in [1.165, 1.54) is 0 Å². The number of hydrogen-bond acceptors (Lipinski definition) is 5. The van der Waals surface area contributed by atoms with Crippen LogP contribution in [0.3, 0.4) is 0 Å². The number of ether oxygens (including phenoxy) is 2. The van der Waals surface area contributed by atoms with Crippen molar-refractivity contribution in [2.45, 2.75) is 64.2 Å². The fourth-order valence-corrected chi connectivity index (χ4v) is 5.54. The Hall–Kier alpha value is -3.55. The van der Waals surface area contributed by atoms with Gasteiger partial charge >= 0.3 is 0 Å². The first-order valence-corrected chi connectivity index (χ1v) is 12.4. The van der Waals surface area contributed by atoms with E-state index in [0.29, 0.717) is 29.8 Å². The maximum absolute atomic E-state index is 13.9. The molecule has 8 heteroatoms. The van der Waals surface area contributed by atoms with E-state index < -0.39 is 5.54 Å². The van der Waals surface area contributed by atoms with Gasteiger partial charge in [-0.1, -0.05) is 25.1 Å². The molecule has 6 rings (SSSR count). The monoisotopic (exact) mass is 474 g/mol. The average molecular weight is 475 g/mol. The van der Waals surface area contributed by atoms with Gasteiger partial charge in [0.1, 0.15) is 5.54 Å². The molecule has 0 saturated heterocycles. The molecule has 1 N–H and O–H groups in total. The van der Waals surface area contributed by atoms with E-state index in [1.54, 1.807) is 4.90 Å². The zero-order chi connectivity index (χ0) is 24.2. The van der Waals surface area contributed by atoms with Crippen LogP contribution in [0.1, 0.15) is 55.7 Å². The normalized spacial score (nSPS) is 25.5. The largest absolute Gasteiger partial charge is 0.454 e. The lowest BCUT2D eigenvalue weighted by Gasteiger charge is -2.44. The Kier molecular flexibility index (Phi) is 5.20. The fraction of sp³-hybridized carbons (Fsp3) is 0.444. The minimum absolute atomic E-state index is 0.116. The van der Waals surface area contributed by atoms with Crippen LogP contribution in [0, 0.1) is 5.92 Å². The highest BCUT2D eigenvalue weighted by Crippen LogP contribution is 2.36. The maximum Gasteiger partial charge on any atom is 0.291 e. The lowest BCUT2D eigenvalue weighted by atomic mass is 9.86. The molecule has 0 bridgehead atoms. The molecule has 1 aromatic heterocycles. The van der Waals surface area contributed by atoms with Gasteiger partial charge in [0, 0.05) is 12.6 Å². The third-order valence-electron chi connectivity index (χ3n) is 7.77. The molecular weight excluding hydrogens is 444 g/mol. The number of amides is 2. The van der Waals surface area contributed by atoms with Gasteiger partial charge in [0.15, 0.2) is 17.3 Å². The summed E-state index contributed by atoms with van der Waals surface area (Å²) in [6.07, 6.45) is 4.16. The minimum Gasteiger partial charge on any atom is -0.454 e. The molecule has 2 aromatic carbocycles. The Morgan fingerprint density at radius 2 is 1.89 bits per heavy atom. The van der Waals surface area contributed by atoms with Gasteiger partial charge in [0.25, 0.3) is 5.91 Å². The second kappa shape index (κ2) is 8.29. The molecule has 3 aromatic rings. The molecule has 2 amide bonds. The first-order chi connectivity index (χ1) is 16.9. The van der Waals surface area contributed by atoms with Crippen molar-refractivity contribution in [3.63, 3.8) is 0 Å². The van der Waals surface area contributed by atoms with Gasteiger partial charge in [-0.05, 0) is 68.4 Å². The summed E-state index contributed by atoms with van der Waals surface area (Å²) in [7, 11) is 0. The van der Waals surface area contributed by atoms with Gasteiger partial charge in [-0.25, -0.2) is 4.98 Å². The molecule has 3 heterocycles. The van der Waals surface area contributed by atoms with Crippen LogP contribution in [0.2, 0.25) is 0 Å². The summed E-state index contributed by atoms with van der Waals surface area (Å²) in [6, 6.07) is 13.5. The molecule has 35 heavy (non-hydrogen) atoms. The molecule has 1 atom stereocenters. The van der Waals surface area contributed by atoms with Gasteiger partial charge in [-0.15, -0.1) is 0 Å². The molecular formula is C27H30N4O4. The number of carbonyl (C=O) groups is 2. The molecule has 8 nitrogen and oxygen atoms in total. The quantitative estimate of drug-likeness (QED) is 0.620. The second-order valence-corrected chi connectivity index (χ2v) is 10.3. The summed E-state index contributed by atoms with van der Waals surface area (Å²) in [5, 5.41) is 3.29. The minimum atomic E-state index is -1.08. The van der Waals surface area contributed by atoms with Crippen molar-refractivity contribution in [2.24, 2.45) is 5.92 Å². The Labute approximate surface area is 204 Å². The predicted molar refractivity (Wildman–Crippen MR) is 130 cm³/mol. The average Bonchev–Trinajstić information content (AvgIpc) is 3.47. The van der Waals surface area contributed by atoms with E-state index in [2.05, 4.69) is 17.2 Å². The lowest BCUT2D eigenvalue weighted by Crippen LogP contribution is -2.64. The van der Waals surface area contributed by atoms with Crippen LogP contribution in [0.5, 0.6) is 11.5 Å². The number of nitrogens with zero attached hydrogens (tertiary/aromatic N) is 3. The SMILES string of the molecule is CC1CCC(NC(=O)[C@]2(C)Cn3c(nc4ccccc43)C(=O)N2Cc2ccc3c(c2)OCO3)CC1. The van der Waals surface area contributed by atoms with Crippen LogP contribution in [-0.2, 0) is 17.9 Å². The second-order valence-electron chi connectivity index (χ2n) is 10.3. The van der Waals surface area contributed by atoms with Crippen LogP contribution >= 0.6 is 0 Å². The maximum atomic E-state index is 13.9. The van der Waals surface area contributed by atoms with E-state index in [1.807, 2.05) is 54.0 Å². The van der Waals surface area contributed by atoms with E-state index in [0.717, 1.165) is 42.3 Å². The third-order valence-corrected chi connectivity index (χ3v) is 7.77. The molecule has 0 radical (unpaired) electrons. The topological polar surface area (TPSA) is 85.7 Å².